The van der Waals surface area contributed by atoms with Crippen molar-refractivity contribution in [2.45, 2.75) is 12.3 Å². The molecule has 0 aliphatic heterocycles. The first kappa shape index (κ1) is 39.6. The molecule has 12 rings (SSSR count). The summed E-state index contributed by atoms with van der Waals surface area (Å²) in [6, 6.07) is 83.8. The second-order valence-corrected chi connectivity index (χ2v) is 16.6. The van der Waals surface area contributed by atoms with Gasteiger partial charge in [-0.25, -0.2) is 4.39 Å². The van der Waals surface area contributed by atoms with Crippen LogP contribution in [0, 0.1) is 5.82 Å². The summed E-state index contributed by atoms with van der Waals surface area (Å²) in [5.41, 5.74) is 15.8. The lowest BCUT2D eigenvalue weighted by Gasteiger charge is -2.34. The minimum absolute atomic E-state index is 0.257. The van der Waals surface area contributed by atoms with Crippen molar-refractivity contribution in [1.82, 2.24) is 4.57 Å². The van der Waals surface area contributed by atoms with Crippen LogP contribution in [0.3, 0.4) is 0 Å². The summed E-state index contributed by atoms with van der Waals surface area (Å²) >= 11 is 0. The monoisotopic (exact) mass is 836 g/mol. The molecule has 1 aliphatic rings. The van der Waals surface area contributed by atoms with Crippen LogP contribution in [0.25, 0.3) is 60.5 Å². The van der Waals surface area contributed by atoms with Crippen LogP contribution in [-0.4, -0.2) is 4.57 Å². The maximum absolute atomic E-state index is 14.2. The van der Waals surface area contributed by atoms with E-state index in [4.69, 9.17) is 0 Å². The lowest BCUT2D eigenvalue weighted by Crippen LogP contribution is -2.28. The first-order valence-corrected chi connectivity index (χ1v) is 22.2. The lowest BCUT2D eigenvalue weighted by molar-refractivity contribution is 0.628. The summed E-state index contributed by atoms with van der Waals surface area (Å²) in [6.07, 6.45) is 1.75. The van der Waals surface area contributed by atoms with Gasteiger partial charge in [0.15, 0.2) is 0 Å². The molecule has 0 atom stereocenters. The Morgan fingerprint density at radius 3 is 1.69 bits per heavy atom. The summed E-state index contributed by atoms with van der Waals surface area (Å²) in [6.45, 7) is 5.25. The largest absolute Gasteiger partial charge is 0.310 e. The number of aromatic nitrogens is 1. The Morgan fingerprint density at radius 1 is 0.446 bits per heavy atom. The first-order valence-electron chi connectivity index (χ1n) is 22.2. The minimum Gasteiger partial charge on any atom is -0.310 e. The van der Waals surface area contributed by atoms with Gasteiger partial charge in [0.05, 0.1) is 22.1 Å². The van der Waals surface area contributed by atoms with Crippen molar-refractivity contribution in [2.75, 3.05) is 4.90 Å². The van der Waals surface area contributed by atoms with E-state index < -0.39 is 5.41 Å². The molecule has 0 unspecified atom stereocenters. The number of hydrogen-bond donors (Lipinski definition) is 0. The number of benzene rings is 10. The molecule has 310 valence electrons. The third-order valence-corrected chi connectivity index (χ3v) is 12.9. The van der Waals surface area contributed by atoms with E-state index in [1.165, 1.54) is 56.3 Å². The van der Waals surface area contributed by atoms with Gasteiger partial charge in [0.25, 0.3) is 0 Å². The Balaban J connectivity index is 0.00000152. The van der Waals surface area contributed by atoms with E-state index in [1.54, 1.807) is 6.08 Å². The van der Waals surface area contributed by atoms with Crippen molar-refractivity contribution in [3.63, 3.8) is 0 Å². The number of nitrogens with zero attached hydrogens (tertiary/aromatic N) is 2. The van der Waals surface area contributed by atoms with Crippen molar-refractivity contribution < 1.29 is 4.39 Å². The topological polar surface area (TPSA) is 8.17 Å². The van der Waals surface area contributed by atoms with E-state index >= 15 is 0 Å². The van der Waals surface area contributed by atoms with Gasteiger partial charge < -0.3 is 9.47 Å². The fourth-order valence-corrected chi connectivity index (χ4v) is 10.3. The normalized spacial score (nSPS) is 12.3. The quantitative estimate of drug-likeness (QED) is 0.145. The average molecular weight is 837 g/mol. The SMILES string of the molecule is C=CC.Fc1ccc(N(c2ccccc2)c2ccc(-c3ccc4c(c3)c3ccccc3n4-c3ccc4c(c3)C(c3ccccc3)(c3ccccc3)c3ccccc3-4)c3ccccc23)cc1. The highest BCUT2D eigenvalue weighted by Crippen LogP contribution is 2.56. The zero-order valence-electron chi connectivity index (χ0n) is 36.1. The molecule has 2 nitrogen and oxygen atoms in total. The summed E-state index contributed by atoms with van der Waals surface area (Å²) in [5, 5.41) is 4.66. The maximum Gasteiger partial charge on any atom is 0.123 e. The Morgan fingerprint density at radius 2 is 0.985 bits per heavy atom. The molecule has 0 fully saturated rings. The van der Waals surface area contributed by atoms with Crippen LogP contribution in [0.5, 0.6) is 0 Å². The zero-order valence-corrected chi connectivity index (χ0v) is 36.1. The van der Waals surface area contributed by atoms with Gasteiger partial charge >= 0.3 is 0 Å². The molecule has 3 heteroatoms. The van der Waals surface area contributed by atoms with Crippen molar-refractivity contribution in [2.24, 2.45) is 0 Å². The van der Waals surface area contributed by atoms with Gasteiger partial charge in [0.1, 0.15) is 5.82 Å². The predicted molar refractivity (Wildman–Crippen MR) is 272 cm³/mol. The van der Waals surface area contributed by atoms with Gasteiger partial charge in [-0.1, -0.05) is 170 Å². The van der Waals surface area contributed by atoms with Gasteiger partial charge in [-0.15, -0.1) is 6.58 Å². The lowest BCUT2D eigenvalue weighted by atomic mass is 9.67. The molecular weight excluding hydrogens is 792 g/mol. The molecule has 1 heterocycles. The van der Waals surface area contributed by atoms with Crippen LogP contribution in [-0.2, 0) is 5.41 Å². The van der Waals surface area contributed by atoms with E-state index in [-0.39, 0.29) is 5.82 Å². The molecule has 1 aliphatic carbocycles. The molecule has 0 saturated heterocycles. The van der Waals surface area contributed by atoms with E-state index in [0.29, 0.717) is 0 Å². The Kier molecular flexibility index (Phi) is 10.0. The van der Waals surface area contributed by atoms with Crippen LogP contribution in [0.1, 0.15) is 29.2 Å². The molecule has 1 aromatic heterocycles. The molecule has 0 N–H and O–H groups in total. The van der Waals surface area contributed by atoms with Crippen molar-refractivity contribution in [3.8, 4) is 27.9 Å². The highest BCUT2D eigenvalue weighted by atomic mass is 19.1. The van der Waals surface area contributed by atoms with Crippen LogP contribution >= 0.6 is 0 Å². The van der Waals surface area contributed by atoms with Gasteiger partial charge in [0, 0.05) is 33.2 Å². The fraction of sp³-hybridized carbons (Fsp3) is 0.0323. The number of allylic oxidation sites excluding steroid dienone is 1. The standard InChI is InChI=1S/C59H39FN2.C3H6/c60-43-29-31-45(32-30-43)61(44-20-8-3-9-21-44)57-37-35-47(48-22-10-11-24-51(48)57)40-28-36-58-53(38-40)52-25-13-15-27-56(52)62(58)46-33-34-50-49-23-12-14-26-54(49)59(55(50)39-46,41-16-4-1-5-17-41)42-18-6-2-7-19-42;1-3-2/h1-39H;3H,1H2,2H3. The van der Waals surface area contributed by atoms with Crippen LogP contribution in [0.4, 0.5) is 21.5 Å². The van der Waals surface area contributed by atoms with E-state index in [9.17, 15) is 4.39 Å². The highest BCUT2D eigenvalue weighted by Gasteiger charge is 2.46. The van der Waals surface area contributed by atoms with Crippen molar-refractivity contribution in [1.29, 1.82) is 0 Å². The van der Waals surface area contributed by atoms with Crippen molar-refractivity contribution >= 4 is 49.6 Å². The van der Waals surface area contributed by atoms with E-state index in [1.807, 2.05) is 37.3 Å². The fourth-order valence-electron chi connectivity index (χ4n) is 10.3. The Bertz CT molecular complexity index is 3480. The third kappa shape index (κ3) is 6.47. The molecule has 0 amide bonds. The van der Waals surface area contributed by atoms with Crippen molar-refractivity contribution in [3.05, 3.63) is 277 Å². The zero-order chi connectivity index (χ0) is 43.9. The summed E-state index contributed by atoms with van der Waals surface area (Å²) in [5.74, 6) is -0.257. The minimum atomic E-state index is -0.490. The Labute approximate surface area is 379 Å². The molecule has 0 radical (unpaired) electrons. The van der Waals surface area contributed by atoms with Crippen LogP contribution in [0.15, 0.2) is 249 Å². The average Bonchev–Trinajstić information content (AvgIpc) is 3.86. The van der Waals surface area contributed by atoms with Gasteiger partial charge in [-0.3, -0.25) is 0 Å². The predicted octanol–water partition coefficient (Wildman–Crippen LogP) is 16.8. The summed E-state index contributed by atoms with van der Waals surface area (Å²) in [7, 11) is 0. The second kappa shape index (κ2) is 16.5. The number of para-hydroxylation sites is 2. The smallest absolute Gasteiger partial charge is 0.123 e. The van der Waals surface area contributed by atoms with Crippen LogP contribution in [0.2, 0.25) is 0 Å². The molecule has 65 heavy (non-hydrogen) atoms. The molecule has 0 bridgehead atoms. The number of anilines is 3. The first-order chi connectivity index (χ1) is 32.1. The summed E-state index contributed by atoms with van der Waals surface area (Å²) in [4.78, 5) is 2.21. The molecule has 10 aromatic carbocycles. The molecule has 11 aromatic rings. The molecule has 0 saturated carbocycles. The number of halogens is 1. The highest BCUT2D eigenvalue weighted by molar-refractivity contribution is 6.12. The van der Waals surface area contributed by atoms with Gasteiger partial charge in [0.2, 0.25) is 0 Å². The maximum atomic E-state index is 14.2. The molecule has 0 spiro atoms. The molecular formula is C62H45FN2. The number of fused-ring (bicyclic) bond motifs is 7. The second-order valence-electron chi connectivity index (χ2n) is 16.6. The van der Waals surface area contributed by atoms with Crippen LogP contribution < -0.4 is 4.90 Å². The van der Waals surface area contributed by atoms with Gasteiger partial charge in [-0.05, 0) is 130 Å². The summed E-state index contributed by atoms with van der Waals surface area (Å²) < 4.78 is 16.6. The Hall–Kier alpha value is -8.27. The number of rotatable bonds is 7. The third-order valence-electron chi connectivity index (χ3n) is 12.9. The van der Waals surface area contributed by atoms with E-state index in [2.05, 4.69) is 210 Å². The number of hydrogen-bond acceptors (Lipinski definition) is 1. The van der Waals surface area contributed by atoms with E-state index in [0.717, 1.165) is 55.7 Å². The van der Waals surface area contributed by atoms with Gasteiger partial charge in [-0.2, -0.15) is 0 Å².